The number of nitrogens with one attached hydrogen (secondary N) is 1. The summed E-state index contributed by atoms with van der Waals surface area (Å²) in [5, 5.41) is 12.1. The Labute approximate surface area is 157 Å². The number of anilines is 1. The lowest BCUT2D eigenvalue weighted by molar-refractivity contribution is -0.137. The normalized spacial score (nSPS) is 14.6. The Morgan fingerprint density at radius 2 is 2.04 bits per heavy atom. The van der Waals surface area contributed by atoms with Gasteiger partial charge in [0, 0.05) is 23.1 Å². The van der Waals surface area contributed by atoms with Gasteiger partial charge in [-0.3, -0.25) is 0 Å². The number of rotatable bonds is 2. The predicted molar refractivity (Wildman–Crippen MR) is 98.3 cm³/mol. The number of alkyl halides is 3. The van der Waals surface area contributed by atoms with Crippen LogP contribution < -0.4 is 5.32 Å². The monoisotopic (exact) mass is 397 g/mol. The van der Waals surface area contributed by atoms with Gasteiger partial charge in [-0.25, -0.2) is 4.68 Å². The van der Waals surface area contributed by atoms with Crippen LogP contribution in [0.25, 0.3) is 16.9 Å². The first kappa shape index (κ1) is 17.4. The van der Waals surface area contributed by atoms with Crippen LogP contribution in [-0.2, 0) is 12.6 Å². The highest BCUT2D eigenvalue weighted by molar-refractivity contribution is 7.08. The van der Waals surface area contributed by atoms with Crippen LogP contribution in [0.15, 0.2) is 35.0 Å². The van der Waals surface area contributed by atoms with Crippen LogP contribution in [0.2, 0.25) is 5.02 Å². The number of hydrogen-bond acceptors (Lipinski definition) is 3. The Balaban J connectivity index is 1.93. The number of thiophene rings is 1. The first-order valence-corrected chi connectivity index (χ1v) is 9.52. The Kier molecular flexibility index (Phi) is 4.44. The molecule has 0 unspecified atom stereocenters. The molecule has 3 nitrogen and oxygen atoms in total. The Hall–Kier alpha value is -1.99. The van der Waals surface area contributed by atoms with Gasteiger partial charge in [0.1, 0.15) is 5.82 Å². The number of nitrogens with zero attached hydrogens (tertiary/aromatic N) is 2. The Morgan fingerprint density at radius 1 is 1.19 bits per heavy atom. The summed E-state index contributed by atoms with van der Waals surface area (Å²) in [6, 6.07) is 5.28. The summed E-state index contributed by atoms with van der Waals surface area (Å²) < 4.78 is 41.0. The SMILES string of the molecule is FC(F)(F)c1ccc(Cl)c(-n2nc(-c3ccsc3)c3c2NCCCC3)c1. The average Bonchev–Trinajstić information content (AvgIpc) is 3.16. The topological polar surface area (TPSA) is 29.9 Å². The van der Waals surface area contributed by atoms with Crippen LogP contribution in [0.3, 0.4) is 0 Å². The zero-order valence-corrected chi connectivity index (χ0v) is 15.2. The van der Waals surface area contributed by atoms with Gasteiger partial charge in [-0.2, -0.15) is 29.6 Å². The maximum atomic E-state index is 13.2. The molecule has 2 aromatic heterocycles. The summed E-state index contributed by atoms with van der Waals surface area (Å²) in [6.07, 6.45) is -1.62. The largest absolute Gasteiger partial charge is 0.416 e. The van der Waals surface area contributed by atoms with E-state index in [4.69, 9.17) is 11.6 Å². The van der Waals surface area contributed by atoms with Gasteiger partial charge in [-0.05, 0) is 48.9 Å². The van der Waals surface area contributed by atoms with E-state index in [1.807, 2.05) is 16.8 Å². The number of hydrogen-bond donors (Lipinski definition) is 1. The Bertz CT molecular complexity index is 932. The van der Waals surface area contributed by atoms with Gasteiger partial charge in [0.25, 0.3) is 0 Å². The maximum Gasteiger partial charge on any atom is 0.416 e. The first-order valence-electron chi connectivity index (χ1n) is 8.20. The fourth-order valence-corrected chi connectivity index (χ4v) is 4.00. The van der Waals surface area contributed by atoms with E-state index in [9.17, 15) is 13.2 Å². The molecule has 8 heteroatoms. The second-order valence-electron chi connectivity index (χ2n) is 6.15. The van der Waals surface area contributed by atoms with Crippen LogP contribution in [0.1, 0.15) is 24.0 Å². The summed E-state index contributed by atoms with van der Waals surface area (Å²) in [5.41, 5.74) is 2.27. The van der Waals surface area contributed by atoms with Crippen molar-refractivity contribution in [2.75, 3.05) is 11.9 Å². The highest BCUT2D eigenvalue weighted by atomic mass is 35.5. The van der Waals surface area contributed by atoms with Crippen LogP contribution in [0.4, 0.5) is 19.0 Å². The number of fused-ring (bicyclic) bond motifs is 1. The zero-order valence-electron chi connectivity index (χ0n) is 13.6. The number of halogens is 4. The first-order chi connectivity index (χ1) is 12.4. The molecule has 1 aliphatic rings. The van der Waals surface area contributed by atoms with Gasteiger partial charge in [0.2, 0.25) is 0 Å². The van der Waals surface area contributed by atoms with E-state index < -0.39 is 11.7 Å². The van der Waals surface area contributed by atoms with Gasteiger partial charge in [-0.1, -0.05) is 11.6 Å². The van der Waals surface area contributed by atoms with Gasteiger partial charge in [0.15, 0.2) is 0 Å². The van der Waals surface area contributed by atoms with Crippen LogP contribution in [-0.4, -0.2) is 16.3 Å². The molecule has 4 rings (SSSR count). The number of aromatic nitrogens is 2. The average molecular weight is 398 g/mol. The third-order valence-corrected chi connectivity index (χ3v) is 5.43. The Morgan fingerprint density at radius 3 is 2.77 bits per heavy atom. The van der Waals surface area contributed by atoms with E-state index in [0.29, 0.717) is 0 Å². The molecule has 1 N–H and O–H groups in total. The summed E-state index contributed by atoms with van der Waals surface area (Å²) in [6.45, 7) is 0.748. The van der Waals surface area contributed by atoms with Crippen molar-refractivity contribution in [3.63, 3.8) is 0 Å². The zero-order chi connectivity index (χ0) is 18.3. The molecule has 136 valence electrons. The van der Waals surface area contributed by atoms with Crippen LogP contribution in [0.5, 0.6) is 0 Å². The lowest BCUT2D eigenvalue weighted by Crippen LogP contribution is -2.10. The molecule has 0 atom stereocenters. The second kappa shape index (κ2) is 6.63. The van der Waals surface area contributed by atoms with Crippen molar-refractivity contribution in [3.05, 3.63) is 51.2 Å². The highest BCUT2D eigenvalue weighted by Crippen LogP contribution is 2.38. The van der Waals surface area contributed by atoms with Crippen LogP contribution in [0, 0.1) is 0 Å². The molecule has 0 saturated carbocycles. The molecule has 3 heterocycles. The summed E-state index contributed by atoms with van der Waals surface area (Å²) >= 11 is 7.80. The molecule has 0 aliphatic carbocycles. The summed E-state index contributed by atoms with van der Waals surface area (Å²) in [5.74, 6) is 0.727. The van der Waals surface area contributed by atoms with Gasteiger partial charge >= 0.3 is 6.18 Å². The van der Waals surface area contributed by atoms with E-state index in [1.54, 1.807) is 11.3 Å². The molecule has 3 aromatic rings. The van der Waals surface area contributed by atoms with E-state index in [0.717, 1.165) is 60.6 Å². The lowest BCUT2D eigenvalue weighted by Gasteiger charge is -2.13. The number of benzene rings is 1. The van der Waals surface area contributed by atoms with E-state index >= 15 is 0 Å². The molecule has 0 fully saturated rings. The predicted octanol–water partition coefficient (Wildman–Crippen LogP) is 6.02. The van der Waals surface area contributed by atoms with Crippen molar-refractivity contribution in [2.24, 2.45) is 0 Å². The molecule has 0 bridgehead atoms. The molecular formula is C18H15ClF3N3S. The van der Waals surface area contributed by atoms with Crippen molar-refractivity contribution < 1.29 is 13.2 Å². The van der Waals surface area contributed by atoms with Crippen molar-refractivity contribution >= 4 is 28.8 Å². The standard InChI is InChI=1S/C18H15ClF3N3S/c19-14-5-4-12(18(20,21)22)9-15(14)25-17-13(3-1-2-7-23-17)16(24-25)11-6-8-26-10-11/h4-6,8-10,23H,1-3,7H2. The summed E-state index contributed by atoms with van der Waals surface area (Å²) in [4.78, 5) is 0. The minimum Gasteiger partial charge on any atom is -0.370 e. The van der Waals surface area contributed by atoms with Crippen LogP contribution >= 0.6 is 22.9 Å². The van der Waals surface area contributed by atoms with Crippen molar-refractivity contribution in [1.82, 2.24) is 9.78 Å². The third-order valence-electron chi connectivity index (χ3n) is 4.43. The quantitative estimate of drug-likeness (QED) is 0.573. The maximum absolute atomic E-state index is 13.2. The molecule has 0 spiro atoms. The molecule has 0 radical (unpaired) electrons. The minimum atomic E-state index is -4.44. The van der Waals surface area contributed by atoms with E-state index in [2.05, 4.69) is 10.4 Å². The smallest absolute Gasteiger partial charge is 0.370 e. The fraction of sp³-hybridized carbons (Fsp3) is 0.278. The van der Waals surface area contributed by atoms with E-state index in [1.165, 1.54) is 10.7 Å². The minimum absolute atomic E-state index is 0.228. The van der Waals surface area contributed by atoms with Gasteiger partial charge in [0.05, 0.1) is 22.0 Å². The third kappa shape index (κ3) is 3.10. The molecule has 0 saturated heterocycles. The van der Waals surface area contributed by atoms with Crippen molar-refractivity contribution in [3.8, 4) is 16.9 Å². The molecule has 1 aromatic carbocycles. The van der Waals surface area contributed by atoms with Crippen molar-refractivity contribution in [1.29, 1.82) is 0 Å². The summed E-state index contributed by atoms with van der Waals surface area (Å²) in [7, 11) is 0. The van der Waals surface area contributed by atoms with Gasteiger partial charge < -0.3 is 5.32 Å². The highest BCUT2D eigenvalue weighted by Gasteiger charge is 2.32. The van der Waals surface area contributed by atoms with Gasteiger partial charge in [-0.15, -0.1) is 0 Å². The second-order valence-corrected chi connectivity index (χ2v) is 7.33. The fourth-order valence-electron chi connectivity index (χ4n) is 3.16. The lowest BCUT2D eigenvalue weighted by atomic mass is 10.1. The molecule has 26 heavy (non-hydrogen) atoms. The molecule has 1 aliphatic heterocycles. The molecular weight excluding hydrogens is 383 g/mol. The van der Waals surface area contributed by atoms with Crippen molar-refractivity contribution in [2.45, 2.75) is 25.4 Å². The molecule has 0 amide bonds. The van der Waals surface area contributed by atoms with E-state index in [-0.39, 0.29) is 10.7 Å².